The highest BCUT2D eigenvalue weighted by molar-refractivity contribution is 6.33. The Hall–Kier alpha value is -3.72. The maximum absolute atomic E-state index is 13.1. The number of benzene rings is 2. The maximum Gasteiger partial charge on any atom is 0.311 e. The first-order valence-electron chi connectivity index (χ1n) is 8.77. The van der Waals surface area contributed by atoms with Crippen molar-refractivity contribution in [2.75, 3.05) is 7.11 Å². The molecule has 0 aliphatic heterocycles. The number of nitro benzene ring substituents is 1. The average molecular weight is 429 g/mol. The third-order valence-corrected chi connectivity index (χ3v) is 4.66. The third kappa shape index (κ3) is 4.31. The van der Waals surface area contributed by atoms with Crippen LogP contribution in [-0.4, -0.2) is 33.5 Å². The Labute approximate surface area is 175 Å². The number of carbonyl (C=O) groups excluding carboxylic acids is 1. The monoisotopic (exact) mass is 428 g/mol. The number of hydrogen-bond donors (Lipinski definition) is 1. The van der Waals surface area contributed by atoms with Gasteiger partial charge in [-0.05, 0) is 31.2 Å². The Morgan fingerprint density at radius 2 is 1.90 bits per heavy atom. The van der Waals surface area contributed by atoms with Crippen LogP contribution in [0.3, 0.4) is 0 Å². The van der Waals surface area contributed by atoms with Crippen LogP contribution in [-0.2, 0) is 16.0 Å². The van der Waals surface area contributed by atoms with E-state index < -0.39 is 16.5 Å². The molecule has 9 nitrogen and oxygen atoms in total. The number of halogens is 1. The SMILES string of the molecule is COC(=O)Cc1[nH]n(-c2ccc([N+](=O)[O-])cc2)c(=O)c1C(C)=Nc1ccccc1Cl. The van der Waals surface area contributed by atoms with Crippen LogP contribution >= 0.6 is 11.6 Å². The van der Waals surface area contributed by atoms with E-state index in [1.807, 2.05) is 0 Å². The van der Waals surface area contributed by atoms with Crippen LogP contribution in [0, 0.1) is 10.1 Å². The van der Waals surface area contributed by atoms with E-state index in [1.54, 1.807) is 31.2 Å². The van der Waals surface area contributed by atoms with E-state index in [4.69, 9.17) is 16.3 Å². The summed E-state index contributed by atoms with van der Waals surface area (Å²) in [6.07, 6.45) is -0.184. The number of nitrogens with one attached hydrogen (secondary N) is 1. The summed E-state index contributed by atoms with van der Waals surface area (Å²) in [5, 5.41) is 14.2. The molecule has 1 heterocycles. The summed E-state index contributed by atoms with van der Waals surface area (Å²) in [4.78, 5) is 39.8. The molecule has 3 rings (SSSR count). The highest BCUT2D eigenvalue weighted by atomic mass is 35.5. The van der Waals surface area contributed by atoms with Gasteiger partial charge in [0.2, 0.25) is 0 Å². The quantitative estimate of drug-likeness (QED) is 0.278. The van der Waals surface area contributed by atoms with Crippen molar-refractivity contribution >= 4 is 34.7 Å². The van der Waals surface area contributed by atoms with Crippen molar-refractivity contribution in [2.24, 2.45) is 4.99 Å². The lowest BCUT2D eigenvalue weighted by Gasteiger charge is -2.03. The second-order valence-corrected chi connectivity index (χ2v) is 6.69. The molecule has 0 spiro atoms. The molecule has 0 amide bonds. The zero-order chi connectivity index (χ0) is 21.8. The van der Waals surface area contributed by atoms with Crippen molar-refractivity contribution in [3.63, 3.8) is 0 Å². The van der Waals surface area contributed by atoms with Crippen LogP contribution in [0.5, 0.6) is 0 Å². The molecule has 0 aliphatic carbocycles. The normalized spacial score (nSPS) is 11.4. The highest BCUT2D eigenvalue weighted by Gasteiger charge is 2.21. The second kappa shape index (κ2) is 8.75. The first kappa shape index (κ1) is 21.0. The predicted octanol–water partition coefficient (Wildman–Crippen LogP) is 3.58. The van der Waals surface area contributed by atoms with Gasteiger partial charge in [-0.25, -0.2) is 4.68 Å². The molecular weight excluding hydrogens is 412 g/mol. The summed E-state index contributed by atoms with van der Waals surface area (Å²) in [6, 6.07) is 12.3. The van der Waals surface area contributed by atoms with Crippen LogP contribution in [0.25, 0.3) is 5.69 Å². The van der Waals surface area contributed by atoms with Crippen LogP contribution in [0.2, 0.25) is 5.02 Å². The number of aromatic nitrogens is 2. The Bertz CT molecular complexity index is 1190. The van der Waals surface area contributed by atoms with Crippen molar-refractivity contribution in [1.82, 2.24) is 9.78 Å². The number of H-pyrrole nitrogens is 1. The fraction of sp³-hybridized carbons (Fsp3) is 0.150. The second-order valence-electron chi connectivity index (χ2n) is 6.28. The van der Waals surface area contributed by atoms with Crippen LogP contribution in [0.1, 0.15) is 18.2 Å². The summed E-state index contributed by atoms with van der Waals surface area (Å²) < 4.78 is 5.91. The van der Waals surface area contributed by atoms with Gasteiger partial charge in [0.05, 0.1) is 51.8 Å². The number of hydrogen-bond acceptors (Lipinski definition) is 6. The van der Waals surface area contributed by atoms with E-state index in [1.165, 1.54) is 36.1 Å². The summed E-state index contributed by atoms with van der Waals surface area (Å²) in [5.74, 6) is -0.543. The number of carbonyl (C=O) groups is 1. The van der Waals surface area contributed by atoms with Crippen LogP contribution < -0.4 is 5.56 Å². The number of non-ortho nitro benzene ring substituents is 1. The fourth-order valence-corrected chi connectivity index (χ4v) is 3.06. The van der Waals surface area contributed by atoms with E-state index in [0.29, 0.717) is 27.8 Å². The van der Waals surface area contributed by atoms with Crippen molar-refractivity contribution in [1.29, 1.82) is 0 Å². The van der Waals surface area contributed by atoms with Gasteiger partial charge < -0.3 is 4.74 Å². The van der Waals surface area contributed by atoms with Gasteiger partial charge in [-0.1, -0.05) is 23.7 Å². The smallest absolute Gasteiger partial charge is 0.311 e. The number of methoxy groups -OCH3 is 1. The number of ether oxygens (including phenoxy) is 1. The van der Waals surface area contributed by atoms with Gasteiger partial charge in [0, 0.05) is 12.1 Å². The Morgan fingerprint density at radius 1 is 1.23 bits per heavy atom. The van der Waals surface area contributed by atoms with Gasteiger partial charge in [0.1, 0.15) is 0 Å². The number of nitro groups is 1. The number of rotatable bonds is 6. The zero-order valence-corrected chi connectivity index (χ0v) is 16.8. The summed E-state index contributed by atoms with van der Waals surface area (Å²) >= 11 is 6.16. The van der Waals surface area contributed by atoms with E-state index in [-0.39, 0.29) is 17.7 Å². The molecule has 2 aromatic carbocycles. The Balaban J connectivity index is 2.13. The standard InChI is InChI=1S/C20H17ClN4O5/c1-12(22-16-6-4-3-5-15(16)21)19-17(11-18(26)30-2)23-24(20(19)27)13-7-9-14(10-8-13)25(28)29/h3-10,23H,11H2,1-2H3. The van der Waals surface area contributed by atoms with Crippen molar-refractivity contribution in [3.8, 4) is 5.69 Å². The van der Waals surface area contributed by atoms with Gasteiger partial charge in [-0.3, -0.25) is 29.8 Å². The molecule has 154 valence electrons. The molecular formula is C20H17ClN4O5. The number of aromatic amines is 1. The molecule has 0 saturated heterocycles. The van der Waals surface area contributed by atoms with E-state index in [9.17, 15) is 19.7 Å². The lowest BCUT2D eigenvalue weighted by atomic mass is 10.1. The molecule has 0 fully saturated rings. The molecule has 0 saturated carbocycles. The van der Waals surface area contributed by atoms with E-state index in [0.717, 1.165) is 0 Å². The van der Waals surface area contributed by atoms with Gasteiger partial charge in [-0.2, -0.15) is 0 Å². The molecule has 0 bridgehead atoms. The molecule has 1 N–H and O–H groups in total. The Kier molecular flexibility index (Phi) is 6.12. The van der Waals surface area contributed by atoms with Gasteiger partial charge in [0.15, 0.2) is 0 Å². The highest BCUT2D eigenvalue weighted by Crippen LogP contribution is 2.25. The fourth-order valence-electron chi connectivity index (χ4n) is 2.88. The van der Waals surface area contributed by atoms with Gasteiger partial charge >= 0.3 is 5.97 Å². The summed E-state index contributed by atoms with van der Waals surface area (Å²) in [6.45, 7) is 1.63. The molecule has 0 atom stereocenters. The molecule has 0 radical (unpaired) electrons. The lowest BCUT2D eigenvalue weighted by Crippen LogP contribution is -2.20. The van der Waals surface area contributed by atoms with E-state index >= 15 is 0 Å². The van der Waals surface area contributed by atoms with Gasteiger partial charge in [0.25, 0.3) is 11.2 Å². The summed E-state index contributed by atoms with van der Waals surface area (Å²) in [5.41, 5.74) is 1.12. The first-order valence-corrected chi connectivity index (χ1v) is 9.15. The minimum Gasteiger partial charge on any atom is -0.469 e. The molecule has 0 unspecified atom stereocenters. The van der Waals surface area contributed by atoms with Crippen LogP contribution in [0.4, 0.5) is 11.4 Å². The third-order valence-electron chi connectivity index (χ3n) is 4.34. The molecule has 30 heavy (non-hydrogen) atoms. The average Bonchev–Trinajstić information content (AvgIpc) is 3.05. The molecule has 0 aliphatic rings. The minimum atomic E-state index is -0.543. The Morgan fingerprint density at radius 3 is 2.50 bits per heavy atom. The van der Waals surface area contributed by atoms with E-state index in [2.05, 4.69) is 10.1 Å². The number of esters is 1. The number of para-hydroxylation sites is 1. The zero-order valence-electron chi connectivity index (χ0n) is 16.1. The minimum absolute atomic E-state index is 0.107. The largest absolute Gasteiger partial charge is 0.469 e. The maximum atomic E-state index is 13.1. The molecule has 10 heteroatoms. The summed E-state index contributed by atoms with van der Waals surface area (Å²) in [7, 11) is 1.25. The number of aliphatic imine (C=N–C) groups is 1. The van der Waals surface area contributed by atoms with Gasteiger partial charge in [-0.15, -0.1) is 0 Å². The molecule has 3 aromatic rings. The predicted molar refractivity (Wildman–Crippen MR) is 112 cm³/mol. The van der Waals surface area contributed by atoms with Crippen molar-refractivity contribution < 1.29 is 14.5 Å². The number of nitrogens with zero attached hydrogens (tertiary/aromatic N) is 3. The molecule has 1 aromatic heterocycles. The van der Waals surface area contributed by atoms with Crippen molar-refractivity contribution in [3.05, 3.63) is 85.3 Å². The van der Waals surface area contributed by atoms with Crippen molar-refractivity contribution in [2.45, 2.75) is 13.3 Å². The van der Waals surface area contributed by atoms with Crippen LogP contribution in [0.15, 0.2) is 58.3 Å². The first-order chi connectivity index (χ1) is 14.3. The topological polar surface area (TPSA) is 120 Å². The lowest BCUT2D eigenvalue weighted by molar-refractivity contribution is -0.384.